The highest BCUT2D eigenvalue weighted by Crippen LogP contribution is 2.16. The first-order valence-corrected chi connectivity index (χ1v) is 20.0. The third-order valence-corrected chi connectivity index (χ3v) is 9.14. The molecule has 282 valence electrons. The van der Waals surface area contributed by atoms with Crippen LogP contribution in [0.15, 0.2) is 12.2 Å². The predicted molar refractivity (Wildman–Crippen MR) is 197 cm³/mol. The average Bonchev–Trinajstić information content (AvgIpc) is 3.07. The summed E-state index contributed by atoms with van der Waals surface area (Å²) in [6, 6.07) is -0.957. The van der Waals surface area contributed by atoms with E-state index in [4.69, 9.17) is 9.84 Å². The summed E-state index contributed by atoms with van der Waals surface area (Å²) in [4.78, 5) is 35.5. The molecule has 0 heterocycles. The van der Waals surface area contributed by atoms with Crippen LogP contribution in [0.4, 0.5) is 0 Å². The SMILES string of the molecule is CCCCCCCC/C=C\CCCCCCCC(=O)N[C@@H](COC(=O)CCC(=O)O)[C@H](O)[C@H](O)CCCCCCCCCCCCCC. The highest BCUT2D eigenvalue weighted by atomic mass is 16.5. The molecule has 0 rings (SSSR count). The van der Waals surface area contributed by atoms with Crippen molar-refractivity contribution >= 4 is 17.8 Å². The van der Waals surface area contributed by atoms with Crippen LogP contribution in [0.3, 0.4) is 0 Å². The van der Waals surface area contributed by atoms with Crippen molar-refractivity contribution in [1.29, 1.82) is 0 Å². The van der Waals surface area contributed by atoms with E-state index in [1.807, 2.05) is 0 Å². The monoisotopic (exact) mass is 682 g/mol. The fraction of sp³-hybridized carbons (Fsp3) is 0.875. The Morgan fingerprint density at radius 3 is 1.50 bits per heavy atom. The number of nitrogens with one attached hydrogen (secondary N) is 1. The number of carbonyl (C=O) groups excluding carboxylic acids is 2. The molecule has 0 aliphatic rings. The molecule has 8 nitrogen and oxygen atoms in total. The van der Waals surface area contributed by atoms with Gasteiger partial charge in [0.2, 0.25) is 5.91 Å². The first kappa shape index (κ1) is 46.1. The molecule has 0 aliphatic heterocycles. The molecule has 48 heavy (non-hydrogen) atoms. The summed E-state index contributed by atoms with van der Waals surface area (Å²) in [5, 5.41) is 33.2. The van der Waals surface area contributed by atoms with Crippen molar-refractivity contribution in [2.75, 3.05) is 6.61 Å². The van der Waals surface area contributed by atoms with E-state index in [0.29, 0.717) is 12.8 Å². The maximum atomic E-state index is 12.7. The fourth-order valence-corrected chi connectivity index (χ4v) is 5.96. The number of allylic oxidation sites excluding steroid dienone is 2. The molecule has 3 atom stereocenters. The molecule has 0 unspecified atom stereocenters. The summed E-state index contributed by atoms with van der Waals surface area (Å²) in [6.07, 6.45) is 32.0. The molecule has 0 saturated carbocycles. The van der Waals surface area contributed by atoms with E-state index in [2.05, 4.69) is 31.3 Å². The van der Waals surface area contributed by atoms with Crippen LogP contribution < -0.4 is 5.32 Å². The summed E-state index contributed by atoms with van der Waals surface area (Å²) in [5.74, 6) is -2.07. The molecule has 0 spiro atoms. The first-order chi connectivity index (χ1) is 23.3. The predicted octanol–water partition coefficient (Wildman–Crippen LogP) is 9.73. The highest BCUT2D eigenvalue weighted by molar-refractivity contribution is 5.77. The van der Waals surface area contributed by atoms with Crippen LogP contribution in [0.5, 0.6) is 0 Å². The summed E-state index contributed by atoms with van der Waals surface area (Å²) in [5.41, 5.74) is 0. The van der Waals surface area contributed by atoms with Crippen molar-refractivity contribution in [1.82, 2.24) is 5.32 Å². The van der Waals surface area contributed by atoms with Crippen LogP contribution in [-0.4, -0.2) is 58.0 Å². The lowest BCUT2D eigenvalue weighted by Crippen LogP contribution is -2.51. The molecule has 4 N–H and O–H groups in total. The van der Waals surface area contributed by atoms with Crippen LogP contribution in [0.1, 0.15) is 200 Å². The molecule has 0 aromatic heterocycles. The van der Waals surface area contributed by atoms with Gasteiger partial charge in [-0.05, 0) is 38.5 Å². The van der Waals surface area contributed by atoms with Gasteiger partial charge < -0.3 is 25.4 Å². The minimum Gasteiger partial charge on any atom is -0.481 e. The second-order valence-corrected chi connectivity index (χ2v) is 13.8. The number of carboxylic acids is 1. The van der Waals surface area contributed by atoms with Crippen molar-refractivity contribution in [2.45, 2.75) is 218 Å². The Morgan fingerprint density at radius 2 is 1.02 bits per heavy atom. The van der Waals surface area contributed by atoms with Crippen LogP contribution >= 0.6 is 0 Å². The van der Waals surface area contributed by atoms with Gasteiger partial charge in [-0.25, -0.2) is 0 Å². The first-order valence-electron chi connectivity index (χ1n) is 20.0. The van der Waals surface area contributed by atoms with E-state index in [9.17, 15) is 24.6 Å². The number of esters is 1. The van der Waals surface area contributed by atoms with Crippen molar-refractivity contribution in [2.24, 2.45) is 0 Å². The standard InChI is InChI=1S/C40H75NO7/c1-3-5-7-9-11-13-15-17-18-19-21-23-25-27-29-31-37(43)41-35(34-48-39(46)33-32-38(44)45)40(47)36(42)30-28-26-24-22-20-16-14-12-10-8-6-4-2/h17-18,35-36,40,42,47H,3-16,19-34H2,1-2H3,(H,41,43)(H,44,45)/b18-17-/t35-,36+,40-/m0/s1. The highest BCUT2D eigenvalue weighted by Gasteiger charge is 2.29. The van der Waals surface area contributed by atoms with E-state index < -0.39 is 30.2 Å². The van der Waals surface area contributed by atoms with Gasteiger partial charge in [0.25, 0.3) is 0 Å². The Hall–Kier alpha value is -1.93. The smallest absolute Gasteiger partial charge is 0.306 e. The maximum absolute atomic E-state index is 12.7. The van der Waals surface area contributed by atoms with Crippen LogP contribution in [0.2, 0.25) is 0 Å². The number of hydrogen-bond donors (Lipinski definition) is 4. The zero-order valence-electron chi connectivity index (χ0n) is 31.1. The maximum Gasteiger partial charge on any atom is 0.306 e. The van der Waals surface area contributed by atoms with Gasteiger partial charge in [-0.3, -0.25) is 14.4 Å². The van der Waals surface area contributed by atoms with Crippen molar-refractivity contribution < 1.29 is 34.4 Å². The van der Waals surface area contributed by atoms with Crippen LogP contribution in [0, 0.1) is 0 Å². The quantitative estimate of drug-likeness (QED) is 0.0294. The molecule has 0 aliphatic carbocycles. The summed E-state index contributed by atoms with van der Waals surface area (Å²) >= 11 is 0. The Morgan fingerprint density at radius 1 is 0.583 bits per heavy atom. The average molecular weight is 682 g/mol. The molecule has 0 aromatic rings. The molecule has 0 bridgehead atoms. The molecule has 8 heteroatoms. The van der Waals surface area contributed by atoms with Crippen LogP contribution in [0.25, 0.3) is 0 Å². The Kier molecular flexibility index (Phi) is 33.5. The molecule has 1 amide bonds. The second-order valence-electron chi connectivity index (χ2n) is 13.8. The number of ether oxygens (including phenoxy) is 1. The zero-order valence-corrected chi connectivity index (χ0v) is 31.1. The molecule has 0 radical (unpaired) electrons. The molecule has 0 fully saturated rings. The Balaban J connectivity index is 4.33. The number of rotatable bonds is 36. The van der Waals surface area contributed by atoms with Gasteiger partial charge in [-0.15, -0.1) is 0 Å². The fourth-order valence-electron chi connectivity index (χ4n) is 5.96. The molecule has 0 aromatic carbocycles. The third kappa shape index (κ3) is 31.3. The summed E-state index contributed by atoms with van der Waals surface area (Å²) in [6.45, 7) is 4.17. The van der Waals surface area contributed by atoms with Gasteiger partial charge in [0.15, 0.2) is 0 Å². The summed E-state index contributed by atoms with van der Waals surface area (Å²) < 4.78 is 5.18. The van der Waals surface area contributed by atoms with Gasteiger partial charge in [0.1, 0.15) is 12.7 Å². The lowest BCUT2D eigenvalue weighted by molar-refractivity contribution is -0.150. The minimum absolute atomic E-state index is 0.254. The molecular weight excluding hydrogens is 606 g/mol. The number of carbonyl (C=O) groups is 3. The van der Waals surface area contributed by atoms with E-state index in [1.165, 1.54) is 103 Å². The third-order valence-electron chi connectivity index (χ3n) is 9.14. The van der Waals surface area contributed by atoms with Crippen molar-refractivity contribution in [3.63, 3.8) is 0 Å². The van der Waals surface area contributed by atoms with E-state index in [0.717, 1.165) is 57.8 Å². The van der Waals surface area contributed by atoms with Crippen molar-refractivity contribution in [3.8, 4) is 0 Å². The molecular formula is C40H75NO7. The molecule has 0 saturated heterocycles. The lowest BCUT2D eigenvalue weighted by atomic mass is 9.99. The van der Waals surface area contributed by atoms with Crippen molar-refractivity contribution in [3.05, 3.63) is 12.2 Å². The van der Waals surface area contributed by atoms with Gasteiger partial charge in [-0.2, -0.15) is 0 Å². The largest absolute Gasteiger partial charge is 0.481 e. The Bertz CT molecular complexity index is 788. The van der Waals surface area contributed by atoms with Gasteiger partial charge in [-0.1, -0.05) is 154 Å². The van der Waals surface area contributed by atoms with E-state index in [-0.39, 0.29) is 25.4 Å². The number of aliphatic hydroxyl groups excluding tert-OH is 2. The Labute approximate surface area is 294 Å². The topological polar surface area (TPSA) is 133 Å². The van der Waals surface area contributed by atoms with Crippen LogP contribution in [-0.2, 0) is 19.1 Å². The van der Waals surface area contributed by atoms with Gasteiger partial charge in [0.05, 0.1) is 25.0 Å². The van der Waals surface area contributed by atoms with E-state index in [1.54, 1.807) is 0 Å². The minimum atomic E-state index is -1.29. The normalized spacial score (nSPS) is 13.4. The van der Waals surface area contributed by atoms with E-state index >= 15 is 0 Å². The number of aliphatic carboxylic acids is 1. The second kappa shape index (κ2) is 34.9. The number of unbranched alkanes of at least 4 members (excludes halogenated alkanes) is 22. The number of aliphatic hydroxyl groups is 2. The van der Waals surface area contributed by atoms with Gasteiger partial charge in [0, 0.05) is 6.42 Å². The van der Waals surface area contributed by atoms with Gasteiger partial charge >= 0.3 is 11.9 Å². The zero-order chi connectivity index (χ0) is 35.5. The number of hydrogen-bond acceptors (Lipinski definition) is 6. The lowest BCUT2D eigenvalue weighted by Gasteiger charge is -2.27. The number of carboxylic acid groups (broad SMARTS) is 1. The number of amides is 1. The summed E-state index contributed by atoms with van der Waals surface area (Å²) in [7, 11) is 0.